The Morgan fingerprint density at radius 2 is 2.50 bits per heavy atom. The fourth-order valence-electron chi connectivity index (χ4n) is 1.05. The quantitative estimate of drug-likeness (QED) is 0.559. The standard InChI is InChI=1S/C7H11NO2/c8-6-3-1-5(2-4-6)7(9)10/h1,6H,2-4,8H2,(H,9,10)/t6-/m0/s1. The van der Waals surface area contributed by atoms with Gasteiger partial charge in [0, 0.05) is 11.6 Å². The number of rotatable bonds is 1. The second-order valence-corrected chi connectivity index (χ2v) is 2.57. The van der Waals surface area contributed by atoms with Gasteiger partial charge in [0.1, 0.15) is 0 Å². The van der Waals surface area contributed by atoms with E-state index in [1.165, 1.54) is 0 Å². The monoisotopic (exact) mass is 141 g/mol. The van der Waals surface area contributed by atoms with Crippen molar-refractivity contribution >= 4 is 5.97 Å². The average molecular weight is 141 g/mol. The molecule has 0 aromatic heterocycles. The Morgan fingerprint density at radius 1 is 1.80 bits per heavy atom. The predicted molar refractivity (Wildman–Crippen MR) is 37.5 cm³/mol. The van der Waals surface area contributed by atoms with E-state index in [0.29, 0.717) is 18.4 Å². The highest BCUT2D eigenvalue weighted by atomic mass is 16.4. The molecule has 3 N–H and O–H groups in total. The van der Waals surface area contributed by atoms with Gasteiger partial charge in [-0.2, -0.15) is 0 Å². The molecule has 56 valence electrons. The van der Waals surface area contributed by atoms with Gasteiger partial charge in [-0.25, -0.2) is 4.79 Å². The number of carboxylic acid groups (broad SMARTS) is 1. The van der Waals surface area contributed by atoms with Crippen LogP contribution in [0.4, 0.5) is 0 Å². The number of carbonyl (C=O) groups is 1. The van der Waals surface area contributed by atoms with E-state index in [9.17, 15) is 4.79 Å². The van der Waals surface area contributed by atoms with Gasteiger partial charge in [0.2, 0.25) is 0 Å². The van der Waals surface area contributed by atoms with Gasteiger partial charge in [-0.3, -0.25) is 0 Å². The molecule has 1 aliphatic carbocycles. The first kappa shape index (κ1) is 7.28. The summed E-state index contributed by atoms with van der Waals surface area (Å²) < 4.78 is 0. The smallest absolute Gasteiger partial charge is 0.331 e. The molecular formula is C7H11NO2. The molecule has 1 atom stereocenters. The Bertz CT molecular complexity index is 174. The van der Waals surface area contributed by atoms with Crippen LogP contribution in [0.1, 0.15) is 19.3 Å². The molecule has 0 spiro atoms. The second-order valence-electron chi connectivity index (χ2n) is 2.57. The van der Waals surface area contributed by atoms with Gasteiger partial charge in [-0.1, -0.05) is 6.08 Å². The summed E-state index contributed by atoms with van der Waals surface area (Å²) >= 11 is 0. The van der Waals surface area contributed by atoms with E-state index in [-0.39, 0.29) is 6.04 Å². The van der Waals surface area contributed by atoms with Gasteiger partial charge in [-0.15, -0.1) is 0 Å². The van der Waals surface area contributed by atoms with Crippen LogP contribution in [0.5, 0.6) is 0 Å². The summed E-state index contributed by atoms with van der Waals surface area (Å²) in [6.07, 6.45) is 3.85. The van der Waals surface area contributed by atoms with Crippen molar-refractivity contribution in [3.8, 4) is 0 Å². The van der Waals surface area contributed by atoms with Crippen molar-refractivity contribution in [1.29, 1.82) is 0 Å². The lowest BCUT2D eigenvalue weighted by atomic mass is 9.96. The first-order valence-corrected chi connectivity index (χ1v) is 3.38. The first-order chi connectivity index (χ1) is 4.70. The highest BCUT2D eigenvalue weighted by Gasteiger charge is 2.14. The van der Waals surface area contributed by atoms with E-state index in [1.54, 1.807) is 6.08 Å². The lowest BCUT2D eigenvalue weighted by molar-refractivity contribution is -0.132. The van der Waals surface area contributed by atoms with Crippen LogP contribution in [0.3, 0.4) is 0 Å². The lowest BCUT2D eigenvalue weighted by Crippen LogP contribution is -2.23. The maximum Gasteiger partial charge on any atom is 0.331 e. The normalized spacial score (nSPS) is 25.7. The largest absolute Gasteiger partial charge is 0.478 e. The minimum atomic E-state index is -0.799. The molecule has 3 heteroatoms. The van der Waals surface area contributed by atoms with Crippen LogP contribution < -0.4 is 5.73 Å². The van der Waals surface area contributed by atoms with Crippen LogP contribution in [0, 0.1) is 0 Å². The molecule has 0 radical (unpaired) electrons. The van der Waals surface area contributed by atoms with Crippen LogP contribution in [-0.4, -0.2) is 17.1 Å². The molecular weight excluding hydrogens is 130 g/mol. The lowest BCUT2D eigenvalue weighted by Gasteiger charge is -2.14. The molecule has 0 aromatic rings. The van der Waals surface area contributed by atoms with E-state index in [0.717, 1.165) is 6.42 Å². The van der Waals surface area contributed by atoms with Gasteiger partial charge in [-0.05, 0) is 19.3 Å². The summed E-state index contributed by atoms with van der Waals surface area (Å²) in [6, 6.07) is 0.170. The van der Waals surface area contributed by atoms with E-state index in [2.05, 4.69) is 0 Å². The SMILES string of the molecule is N[C@H]1CC=C(C(=O)O)CC1. The zero-order valence-electron chi connectivity index (χ0n) is 5.71. The topological polar surface area (TPSA) is 63.3 Å². The summed E-state index contributed by atoms with van der Waals surface area (Å²) in [5.41, 5.74) is 6.08. The number of aliphatic carboxylic acids is 1. The first-order valence-electron chi connectivity index (χ1n) is 3.38. The third kappa shape index (κ3) is 1.57. The molecule has 0 unspecified atom stereocenters. The maximum absolute atomic E-state index is 10.4. The Balaban J connectivity index is 2.56. The third-order valence-electron chi connectivity index (χ3n) is 1.73. The minimum absolute atomic E-state index is 0.170. The zero-order chi connectivity index (χ0) is 7.56. The number of hydrogen-bond acceptors (Lipinski definition) is 2. The Labute approximate surface area is 59.5 Å². The van der Waals surface area contributed by atoms with Crippen LogP contribution in [-0.2, 0) is 4.79 Å². The van der Waals surface area contributed by atoms with Crippen molar-refractivity contribution < 1.29 is 9.90 Å². The highest BCUT2D eigenvalue weighted by molar-refractivity contribution is 5.86. The van der Waals surface area contributed by atoms with Gasteiger partial charge < -0.3 is 10.8 Å². The second kappa shape index (κ2) is 2.84. The van der Waals surface area contributed by atoms with Gasteiger partial charge in [0.15, 0.2) is 0 Å². The van der Waals surface area contributed by atoms with Crippen LogP contribution in [0.2, 0.25) is 0 Å². The van der Waals surface area contributed by atoms with E-state index in [4.69, 9.17) is 10.8 Å². The molecule has 10 heavy (non-hydrogen) atoms. The van der Waals surface area contributed by atoms with E-state index in [1.807, 2.05) is 0 Å². The molecule has 0 fully saturated rings. The van der Waals surface area contributed by atoms with E-state index < -0.39 is 5.97 Å². The minimum Gasteiger partial charge on any atom is -0.478 e. The highest BCUT2D eigenvalue weighted by Crippen LogP contribution is 2.16. The summed E-state index contributed by atoms with van der Waals surface area (Å²) in [6.45, 7) is 0. The number of nitrogens with two attached hydrogens (primary N) is 1. The summed E-state index contributed by atoms with van der Waals surface area (Å²) in [4.78, 5) is 10.4. The fraction of sp³-hybridized carbons (Fsp3) is 0.571. The van der Waals surface area contributed by atoms with Crippen molar-refractivity contribution in [3.05, 3.63) is 11.6 Å². The molecule has 1 aliphatic rings. The van der Waals surface area contributed by atoms with Crippen molar-refractivity contribution in [1.82, 2.24) is 0 Å². The summed E-state index contributed by atoms with van der Waals surface area (Å²) in [7, 11) is 0. The molecule has 0 saturated heterocycles. The van der Waals surface area contributed by atoms with Crippen molar-refractivity contribution in [2.45, 2.75) is 25.3 Å². The van der Waals surface area contributed by atoms with Crippen LogP contribution in [0.15, 0.2) is 11.6 Å². The molecule has 0 heterocycles. The maximum atomic E-state index is 10.4. The summed E-state index contributed by atoms with van der Waals surface area (Å²) in [5.74, 6) is -0.799. The van der Waals surface area contributed by atoms with Crippen molar-refractivity contribution in [2.75, 3.05) is 0 Å². The van der Waals surface area contributed by atoms with Crippen molar-refractivity contribution in [3.63, 3.8) is 0 Å². The Hall–Kier alpha value is -0.830. The molecule has 0 amide bonds. The zero-order valence-corrected chi connectivity index (χ0v) is 5.71. The fourth-order valence-corrected chi connectivity index (χ4v) is 1.05. The molecule has 0 aromatic carbocycles. The van der Waals surface area contributed by atoms with Crippen molar-refractivity contribution in [2.24, 2.45) is 5.73 Å². The average Bonchev–Trinajstić information content (AvgIpc) is 1.88. The molecule has 0 aliphatic heterocycles. The molecule has 1 rings (SSSR count). The van der Waals surface area contributed by atoms with Gasteiger partial charge in [0.25, 0.3) is 0 Å². The Kier molecular flexibility index (Phi) is 2.06. The molecule has 0 bridgehead atoms. The van der Waals surface area contributed by atoms with Crippen LogP contribution >= 0.6 is 0 Å². The predicted octanol–water partition coefficient (Wildman–Crippen LogP) is 0.509. The Morgan fingerprint density at radius 3 is 2.90 bits per heavy atom. The van der Waals surface area contributed by atoms with E-state index >= 15 is 0 Å². The number of hydrogen-bond donors (Lipinski definition) is 2. The number of carboxylic acids is 1. The van der Waals surface area contributed by atoms with Gasteiger partial charge >= 0.3 is 5.97 Å². The molecule has 0 saturated carbocycles. The van der Waals surface area contributed by atoms with Crippen LogP contribution in [0.25, 0.3) is 0 Å². The van der Waals surface area contributed by atoms with Gasteiger partial charge in [0.05, 0.1) is 0 Å². The molecule has 3 nitrogen and oxygen atoms in total. The summed E-state index contributed by atoms with van der Waals surface area (Å²) in [5, 5.41) is 8.52. The third-order valence-corrected chi connectivity index (χ3v) is 1.73.